The van der Waals surface area contributed by atoms with Gasteiger partial charge in [-0.05, 0) is 12.8 Å². The van der Waals surface area contributed by atoms with E-state index in [2.05, 4.69) is 5.32 Å². The van der Waals surface area contributed by atoms with Gasteiger partial charge >= 0.3 is 0 Å². The van der Waals surface area contributed by atoms with E-state index in [0.717, 1.165) is 0 Å². The van der Waals surface area contributed by atoms with Crippen LogP contribution in [0.15, 0.2) is 0 Å². The van der Waals surface area contributed by atoms with E-state index in [1.807, 2.05) is 13.8 Å². The van der Waals surface area contributed by atoms with E-state index in [-0.39, 0.29) is 5.91 Å². The van der Waals surface area contributed by atoms with Gasteiger partial charge in [-0.15, -0.1) is 0 Å². The Bertz CT molecular complexity index is 141. The molecule has 2 N–H and O–H groups in total. The molecule has 0 aromatic rings. The zero-order valence-electron chi connectivity index (χ0n) is 8.18. The molecule has 0 fully saturated rings. The number of aliphatic hydroxyl groups is 1. The first-order valence-electron chi connectivity index (χ1n) is 4.57. The van der Waals surface area contributed by atoms with Crippen LogP contribution in [0.1, 0.15) is 40.0 Å². The van der Waals surface area contributed by atoms with Crippen LogP contribution in [-0.4, -0.2) is 23.2 Å². The molecule has 72 valence electrons. The Labute approximate surface area is 74.2 Å². The van der Waals surface area contributed by atoms with Crippen molar-refractivity contribution in [3.8, 4) is 0 Å². The van der Waals surface area contributed by atoms with Gasteiger partial charge in [0.2, 0.25) is 5.91 Å². The molecule has 0 saturated heterocycles. The normalized spacial score (nSPS) is 11.3. The SMILES string of the molecule is CCC(=O)NCC(O)(CC)CC. The third-order valence-electron chi connectivity index (χ3n) is 2.25. The molecule has 0 unspecified atom stereocenters. The molecule has 0 saturated carbocycles. The van der Waals surface area contributed by atoms with Crippen LogP contribution < -0.4 is 5.32 Å². The summed E-state index contributed by atoms with van der Waals surface area (Å²) in [5.74, 6) is -0.00433. The van der Waals surface area contributed by atoms with Crippen LogP contribution in [-0.2, 0) is 4.79 Å². The number of carbonyl (C=O) groups excluding carboxylic acids is 1. The fourth-order valence-corrected chi connectivity index (χ4v) is 0.888. The van der Waals surface area contributed by atoms with E-state index in [1.165, 1.54) is 0 Å². The van der Waals surface area contributed by atoms with Crippen LogP contribution >= 0.6 is 0 Å². The van der Waals surface area contributed by atoms with Crippen molar-refractivity contribution in [2.75, 3.05) is 6.54 Å². The number of hydrogen-bond donors (Lipinski definition) is 2. The maximum Gasteiger partial charge on any atom is 0.219 e. The third-order valence-corrected chi connectivity index (χ3v) is 2.25. The van der Waals surface area contributed by atoms with Crippen LogP contribution in [0, 0.1) is 0 Å². The van der Waals surface area contributed by atoms with Crippen molar-refractivity contribution in [1.29, 1.82) is 0 Å². The zero-order valence-corrected chi connectivity index (χ0v) is 8.18. The summed E-state index contributed by atoms with van der Waals surface area (Å²) in [7, 11) is 0. The van der Waals surface area contributed by atoms with Gasteiger partial charge in [0.15, 0.2) is 0 Å². The van der Waals surface area contributed by atoms with E-state index < -0.39 is 5.60 Å². The second-order valence-corrected chi connectivity index (χ2v) is 3.06. The monoisotopic (exact) mass is 173 g/mol. The quantitative estimate of drug-likeness (QED) is 0.653. The molecule has 0 aliphatic heterocycles. The van der Waals surface area contributed by atoms with Gasteiger partial charge in [0, 0.05) is 13.0 Å². The van der Waals surface area contributed by atoms with Crippen molar-refractivity contribution in [2.45, 2.75) is 45.6 Å². The first kappa shape index (κ1) is 11.4. The minimum Gasteiger partial charge on any atom is -0.388 e. The molecule has 0 aliphatic rings. The van der Waals surface area contributed by atoms with E-state index in [4.69, 9.17) is 0 Å². The molecule has 12 heavy (non-hydrogen) atoms. The third kappa shape index (κ3) is 3.72. The Hall–Kier alpha value is -0.570. The topological polar surface area (TPSA) is 49.3 Å². The summed E-state index contributed by atoms with van der Waals surface area (Å²) in [5.41, 5.74) is -0.717. The number of rotatable bonds is 5. The van der Waals surface area contributed by atoms with Crippen molar-refractivity contribution in [1.82, 2.24) is 5.32 Å². The number of nitrogens with one attached hydrogen (secondary N) is 1. The summed E-state index contributed by atoms with van der Waals surface area (Å²) >= 11 is 0. The summed E-state index contributed by atoms with van der Waals surface area (Å²) < 4.78 is 0. The van der Waals surface area contributed by atoms with E-state index in [9.17, 15) is 9.90 Å². The highest BCUT2D eigenvalue weighted by molar-refractivity contribution is 5.75. The molecule has 0 radical (unpaired) electrons. The number of hydrogen-bond acceptors (Lipinski definition) is 2. The standard InChI is InChI=1S/C9H19NO2/c1-4-8(11)10-7-9(12,5-2)6-3/h12H,4-7H2,1-3H3,(H,10,11). The lowest BCUT2D eigenvalue weighted by atomic mass is 9.98. The van der Waals surface area contributed by atoms with Crippen molar-refractivity contribution in [3.63, 3.8) is 0 Å². The summed E-state index contributed by atoms with van der Waals surface area (Å²) in [5, 5.41) is 12.4. The Balaban J connectivity index is 3.80. The maximum atomic E-state index is 10.9. The summed E-state index contributed by atoms with van der Waals surface area (Å²) in [6.07, 6.45) is 1.82. The van der Waals surface area contributed by atoms with Gasteiger partial charge in [-0.25, -0.2) is 0 Å². The molecular weight excluding hydrogens is 154 g/mol. The molecule has 0 atom stereocenters. The Morgan fingerprint density at radius 2 is 1.83 bits per heavy atom. The van der Waals surface area contributed by atoms with Crippen LogP contribution in [0.4, 0.5) is 0 Å². The van der Waals surface area contributed by atoms with Gasteiger partial charge in [0.1, 0.15) is 0 Å². The van der Waals surface area contributed by atoms with Crippen molar-refractivity contribution >= 4 is 5.91 Å². The first-order chi connectivity index (χ1) is 5.58. The highest BCUT2D eigenvalue weighted by Gasteiger charge is 2.21. The number of carbonyl (C=O) groups is 1. The zero-order chi connectivity index (χ0) is 9.61. The maximum absolute atomic E-state index is 10.9. The predicted octanol–water partition coefficient (Wildman–Crippen LogP) is 1.06. The molecule has 0 spiro atoms. The highest BCUT2D eigenvalue weighted by atomic mass is 16.3. The Morgan fingerprint density at radius 3 is 2.17 bits per heavy atom. The minimum atomic E-state index is -0.717. The predicted molar refractivity (Wildman–Crippen MR) is 48.8 cm³/mol. The van der Waals surface area contributed by atoms with Crippen LogP contribution in [0.5, 0.6) is 0 Å². The average Bonchev–Trinajstić information content (AvgIpc) is 2.13. The fourth-order valence-electron chi connectivity index (χ4n) is 0.888. The molecule has 3 nitrogen and oxygen atoms in total. The molecule has 0 aliphatic carbocycles. The molecule has 0 heterocycles. The molecule has 3 heteroatoms. The molecule has 0 aromatic carbocycles. The van der Waals surface area contributed by atoms with Crippen molar-refractivity contribution in [2.24, 2.45) is 0 Å². The van der Waals surface area contributed by atoms with E-state index >= 15 is 0 Å². The van der Waals surface area contributed by atoms with Gasteiger partial charge in [-0.1, -0.05) is 20.8 Å². The van der Waals surface area contributed by atoms with Crippen LogP contribution in [0.3, 0.4) is 0 Å². The Kier molecular flexibility index (Phi) is 4.90. The second-order valence-electron chi connectivity index (χ2n) is 3.06. The fraction of sp³-hybridized carbons (Fsp3) is 0.889. The van der Waals surface area contributed by atoms with Crippen LogP contribution in [0.25, 0.3) is 0 Å². The largest absolute Gasteiger partial charge is 0.388 e. The minimum absolute atomic E-state index is 0.00433. The molecule has 0 aromatic heterocycles. The highest BCUT2D eigenvalue weighted by Crippen LogP contribution is 2.12. The van der Waals surface area contributed by atoms with Gasteiger partial charge in [-0.2, -0.15) is 0 Å². The Morgan fingerprint density at radius 1 is 1.33 bits per heavy atom. The van der Waals surface area contributed by atoms with Crippen molar-refractivity contribution < 1.29 is 9.90 Å². The smallest absolute Gasteiger partial charge is 0.219 e. The van der Waals surface area contributed by atoms with Gasteiger partial charge in [0.25, 0.3) is 0 Å². The van der Waals surface area contributed by atoms with Gasteiger partial charge in [0.05, 0.1) is 5.60 Å². The van der Waals surface area contributed by atoms with Crippen molar-refractivity contribution in [3.05, 3.63) is 0 Å². The number of amides is 1. The average molecular weight is 173 g/mol. The lowest BCUT2D eigenvalue weighted by molar-refractivity contribution is -0.122. The summed E-state index contributed by atoms with van der Waals surface area (Å²) in [4.78, 5) is 10.9. The van der Waals surface area contributed by atoms with Gasteiger partial charge < -0.3 is 10.4 Å². The molecule has 0 rings (SSSR count). The lowest BCUT2D eigenvalue weighted by Crippen LogP contribution is -2.41. The molecule has 1 amide bonds. The van der Waals surface area contributed by atoms with E-state index in [1.54, 1.807) is 6.92 Å². The summed E-state index contributed by atoms with van der Waals surface area (Å²) in [6.45, 7) is 6.00. The first-order valence-corrected chi connectivity index (χ1v) is 4.57. The van der Waals surface area contributed by atoms with Crippen LogP contribution in [0.2, 0.25) is 0 Å². The molecule has 0 bridgehead atoms. The molecular formula is C9H19NO2. The lowest BCUT2D eigenvalue weighted by Gasteiger charge is -2.25. The second kappa shape index (κ2) is 5.14. The van der Waals surface area contributed by atoms with Gasteiger partial charge in [-0.3, -0.25) is 4.79 Å². The summed E-state index contributed by atoms with van der Waals surface area (Å²) in [6, 6.07) is 0. The van der Waals surface area contributed by atoms with E-state index in [0.29, 0.717) is 25.8 Å².